The molecule has 4 rings (SSSR count). The predicted octanol–water partition coefficient (Wildman–Crippen LogP) is 3.56. The lowest BCUT2D eigenvalue weighted by atomic mass is 9.69. The molecule has 158 valence electrons. The van der Waals surface area contributed by atoms with E-state index in [1.807, 2.05) is 36.4 Å². The second kappa shape index (κ2) is 8.01. The summed E-state index contributed by atoms with van der Waals surface area (Å²) >= 11 is 0. The summed E-state index contributed by atoms with van der Waals surface area (Å²) in [7, 11) is 4.57. The topological polar surface area (TPSA) is 73.9 Å². The van der Waals surface area contributed by atoms with Crippen molar-refractivity contribution in [3.63, 3.8) is 0 Å². The molecule has 4 atom stereocenters. The Morgan fingerprint density at radius 1 is 0.967 bits per heavy atom. The maximum atomic E-state index is 13.3. The van der Waals surface area contributed by atoms with Crippen LogP contribution >= 0.6 is 0 Å². The summed E-state index contributed by atoms with van der Waals surface area (Å²) < 4.78 is 16.1. The third kappa shape index (κ3) is 3.11. The average Bonchev–Trinajstić information content (AvgIpc) is 3.39. The van der Waals surface area contributed by atoms with E-state index in [2.05, 4.69) is 5.32 Å². The molecule has 30 heavy (non-hydrogen) atoms. The number of carbonyl (C=O) groups excluding carboxylic acids is 2. The first-order chi connectivity index (χ1) is 14.5. The summed E-state index contributed by atoms with van der Waals surface area (Å²) in [5.41, 5.74) is 0.359. The number of benzene rings is 2. The molecule has 6 nitrogen and oxygen atoms in total. The number of esters is 1. The lowest BCUT2D eigenvalue weighted by Gasteiger charge is -2.42. The van der Waals surface area contributed by atoms with Gasteiger partial charge in [0.1, 0.15) is 5.54 Å². The molecule has 2 aliphatic carbocycles. The molecular formula is C24H27NO5. The van der Waals surface area contributed by atoms with Gasteiger partial charge in [-0.1, -0.05) is 24.3 Å². The van der Waals surface area contributed by atoms with Gasteiger partial charge in [-0.15, -0.1) is 0 Å². The molecule has 1 amide bonds. The van der Waals surface area contributed by atoms with Gasteiger partial charge in [-0.05, 0) is 60.9 Å². The number of hydrogen-bond donors (Lipinski definition) is 1. The maximum Gasteiger partial charge on any atom is 0.332 e. The van der Waals surface area contributed by atoms with E-state index in [9.17, 15) is 9.59 Å². The molecule has 0 aromatic heterocycles. The Hall–Kier alpha value is -3.02. The monoisotopic (exact) mass is 409 g/mol. The van der Waals surface area contributed by atoms with E-state index in [-0.39, 0.29) is 23.7 Å². The van der Waals surface area contributed by atoms with Crippen molar-refractivity contribution in [1.29, 1.82) is 0 Å². The van der Waals surface area contributed by atoms with Gasteiger partial charge in [0.2, 0.25) is 0 Å². The summed E-state index contributed by atoms with van der Waals surface area (Å²) in [5, 5.41) is 3.12. The zero-order chi connectivity index (χ0) is 21.3. The van der Waals surface area contributed by atoms with Crippen molar-refractivity contribution in [3.8, 4) is 11.5 Å². The van der Waals surface area contributed by atoms with Gasteiger partial charge in [0.05, 0.1) is 21.3 Å². The fourth-order valence-corrected chi connectivity index (χ4v) is 5.48. The average molecular weight is 409 g/mol. The molecule has 2 unspecified atom stereocenters. The van der Waals surface area contributed by atoms with Crippen molar-refractivity contribution in [3.05, 3.63) is 59.7 Å². The van der Waals surface area contributed by atoms with Gasteiger partial charge in [-0.25, -0.2) is 4.79 Å². The van der Waals surface area contributed by atoms with Gasteiger partial charge >= 0.3 is 5.97 Å². The molecule has 2 saturated carbocycles. The smallest absolute Gasteiger partial charge is 0.332 e. The van der Waals surface area contributed by atoms with E-state index < -0.39 is 11.5 Å². The van der Waals surface area contributed by atoms with Crippen molar-refractivity contribution < 1.29 is 23.8 Å². The highest BCUT2D eigenvalue weighted by molar-refractivity contribution is 5.99. The minimum atomic E-state index is -1.11. The first-order valence-electron chi connectivity index (χ1n) is 10.2. The number of nitrogens with one attached hydrogen (secondary N) is 1. The molecule has 1 N–H and O–H groups in total. The Morgan fingerprint density at radius 3 is 2.37 bits per heavy atom. The van der Waals surface area contributed by atoms with Crippen LogP contribution in [0.5, 0.6) is 11.5 Å². The standard InChI is InChI=1S/C24H27NO5/c1-28-19-12-10-17(14-20(19)29-2)21-16-9-11-18(13-16)24(21,23(27)30-3)25-22(26)15-7-5-4-6-8-15/h4-8,10,12,14,16,18,21H,9,11,13H2,1-3H3,(H,25,26)/t16?,18?,21-,24-/m1/s1. The van der Waals surface area contributed by atoms with Crippen LogP contribution in [0.15, 0.2) is 48.5 Å². The summed E-state index contributed by atoms with van der Waals surface area (Å²) in [4.78, 5) is 26.4. The number of ether oxygens (including phenoxy) is 3. The third-order valence-electron chi connectivity index (χ3n) is 6.73. The Morgan fingerprint density at radius 2 is 1.70 bits per heavy atom. The van der Waals surface area contributed by atoms with Crippen LogP contribution in [0.25, 0.3) is 0 Å². The molecule has 0 heterocycles. The van der Waals surface area contributed by atoms with Gasteiger partial charge in [0.15, 0.2) is 11.5 Å². The summed E-state index contributed by atoms with van der Waals surface area (Å²) in [6.07, 6.45) is 2.78. The third-order valence-corrected chi connectivity index (χ3v) is 6.73. The molecule has 2 bridgehead atoms. The maximum absolute atomic E-state index is 13.3. The summed E-state index contributed by atoms with van der Waals surface area (Å²) in [6, 6.07) is 14.7. The van der Waals surface area contributed by atoms with Crippen LogP contribution in [-0.4, -0.2) is 38.7 Å². The first kappa shape index (κ1) is 20.3. The molecular weight excluding hydrogens is 382 g/mol. The van der Waals surface area contributed by atoms with Crippen LogP contribution in [0.2, 0.25) is 0 Å². The van der Waals surface area contributed by atoms with Crippen molar-refractivity contribution in [2.24, 2.45) is 11.8 Å². The number of fused-ring (bicyclic) bond motifs is 2. The van der Waals surface area contributed by atoms with Crippen molar-refractivity contribution in [1.82, 2.24) is 5.32 Å². The van der Waals surface area contributed by atoms with E-state index in [0.29, 0.717) is 17.1 Å². The number of methoxy groups -OCH3 is 3. The van der Waals surface area contributed by atoms with E-state index in [1.54, 1.807) is 26.4 Å². The van der Waals surface area contributed by atoms with Crippen molar-refractivity contribution in [2.75, 3.05) is 21.3 Å². The molecule has 2 aliphatic rings. The van der Waals surface area contributed by atoms with Gasteiger partial charge < -0.3 is 19.5 Å². The summed E-state index contributed by atoms with van der Waals surface area (Å²) in [5.74, 6) is 0.685. The molecule has 0 radical (unpaired) electrons. The lowest BCUT2D eigenvalue weighted by Crippen LogP contribution is -2.62. The van der Waals surface area contributed by atoms with Crippen molar-refractivity contribution >= 4 is 11.9 Å². The van der Waals surface area contributed by atoms with Gasteiger partial charge in [0, 0.05) is 11.5 Å². The molecule has 0 aliphatic heterocycles. The predicted molar refractivity (Wildman–Crippen MR) is 112 cm³/mol. The number of rotatable bonds is 6. The zero-order valence-corrected chi connectivity index (χ0v) is 17.5. The minimum Gasteiger partial charge on any atom is -0.493 e. The van der Waals surface area contributed by atoms with Gasteiger partial charge in [-0.2, -0.15) is 0 Å². The molecule has 6 heteroatoms. The number of hydrogen-bond acceptors (Lipinski definition) is 5. The molecule has 0 saturated heterocycles. The fraction of sp³-hybridized carbons (Fsp3) is 0.417. The molecule has 2 aromatic rings. The highest BCUT2D eigenvalue weighted by Crippen LogP contribution is 2.59. The minimum absolute atomic E-state index is 0.0284. The first-order valence-corrected chi connectivity index (χ1v) is 10.2. The van der Waals surface area contributed by atoms with Crippen LogP contribution in [0, 0.1) is 11.8 Å². The zero-order valence-electron chi connectivity index (χ0n) is 17.5. The largest absolute Gasteiger partial charge is 0.493 e. The lowest BCUT2D eigenvalue weighted by molar-refractivity contribution is -0.151. The second-order valence-corrected chi connectivity index (χ2v) is 8.04. The van der Waals surface area contributed by atoms with E-state index in [4.69, 9.17) is 14.2 Å². The number of carbonyl (C=O) groups is 2. The van der Waals surface area contributed by atoms with Crippen LogP contribution < -0.4 is 14.8 Å². The van der Waals surface area contributed by atoms with Crippen LogP contribution in [0.1, 0.15) is 41.1 Å². The Labute approximate surface area is 176 Å². The van der Waals surface area contributed by atoms with Crippen LogP contribution in [0.4, 0.5) is 0 Å². The molecule has 0 spiro atoms. The highest BCUT2D eigenvalue weighted by atomic mass is 16.5. The van der Waals surface area contributed by atoms with Crippen LogP contribution in [0.3, 0.4) is 0 Å². The quantitative estimate of drug-likeness (QED) is 0.739. The Kier molecular flexibility index (Phi) is 5.41. The fourth-order valence-electron chi connectivity index (χ4n) is 5.48. The SMILES string of the molecule is COC(=O)[C@@]1(NC(=O)c2ccccc2)C2CCC(C2)[C@@H]1c1ccc(OC)c(OC)c1. The van der Waals surface area contributed by atoms with E-state index >= 15 is 0 Å². The Balaban J connectivity index is 1.79. The molecule has 2 fully saturated rings. The van der Waals surface area contributed by atoms with E-state index in [1.165, 1.54) is 7.11 Å². The van der Waals surface area contributed by atoms with Crippen LogP contribution in [-0.2, 0) is 9.53 Å². The van der Waals surface area contributed by atoms with Crippen molar-refractivity contribution in [2.45, 2.75) is 30.7 Å². The Bertz CT molecular complexity index is 944. The second-order valence-electron chi connectivity index (χ2n) is 8.04. The normalized spacial score (nSPS) is 26.8. The van der Waals surface area contributed by atoms with Gasteiger partial charge in [0.25, 0.3) is 5.91 Å². The van der Waals surface area contributed by atoms with E-state index in [0.717, 1.165) is 24.8 Å². The summed E-state index contributed by atoms with van der Waals surface area (Å²) in [6.45, 7) is 0. The number of amides is 1. The van der Waals surface area contributed by atoms with Gasteiger partial charge in [-0.3, -0.25) is 4.79 Å². The molecule has 2 aromatic carbocycles. The highest BCUT2D eigenvalue weighted by Gasteiger charge is 2.64.